The molecule has 1 aliphatic rings. The molecule has 2 aromatic rings. The summed E-state index contributed by atoms with van der Waals surface area (Å²) in [6.45, 7) is 5.46. The summed E-state index contributed by atoms with van der Waals surface area (Å²) in [5.74, 6) is 1.20. The maximum absolute atomic E-state index is 12.5. The third kappa shape index (κ3) is 1.98. The van der Waals surface area contributed by atoms with E-state index < -0.39 is 6.10 Å². The van der Waals surface area contributed by atoms with E-state index in [-0.39, 0.29) is 5.43 Å². The number of hydrogen-bond donors (Lipinski definition) is 1. The summed E-state index contributed by atoms with van der Waals surface area (Å²) in [7, 11) is 0. The van der Waals surface area contributed by atoms with Crippen molar-refractivity contribution >= 4 is 11.0 Å². The van der Waals surface area contributed by atoms with Crippen molar-refractivity contribution in [3.8, 4) is 0 Å². The Labute approximate surface area is 111 Å². The van der Waals surface area contributed by atoms with Crippen LogP contribution in [0.25, 0.3) is 11.0 Å². The van der Waals surface area contributed by atoms with Crippen LogP contribution in [0.2, 0.25) is 0 Å². The molecular formula is C16H18O3. The van der Waals surface area contributed by atoms with Gasteiger partial charge in [-0.3, -0.25) is 4.79 Å². The van der Waals surface area contributed by atoms with E-state index in [0.29, 0.717) is 22.5 Å². The zero-order chi connectivity index (χ0) is 13.7. The summed E-state index contributed by atoms with van der Waals surface area (Å²) >= 11 is 0. The average Bonchev–Trinajstić information content (AvgIpc) is 3.17. The standard InChI is InChI=1S/C16H18O3/c1-8-6-12(10(3)17)16-13(7-8)14(18)9(2)15(19-16)11-4-5-11/h6-7,10-11,17H,4-5H2,1-3H3/t10-/m0/s1. The Balaban J connectivity index is 2.41. The van der Waals surface area contributed by atoms with Gasteiger partial charge >= 0.3 is 0 Å². The lowest BCUT2D eigenvalue weighted by molar-refractivity contribution is 0.199. The fourth-order valence-corrected chi connectivity index (χ4v) is 2.63. The highest BCUT2D eigenvalue weighted by Gasteiger charge is 2.30. The lowest BCUT2D eigenvalue weighted by atomic mass is 10.0. The fourth-order valence-electron chi connectivity index (χ4n) is 2.63. The molecule has 0 amide bonds. The molecule has 1 heterocycles. The van der Waals surface area contributed by atoms with Crippen molar-refractivity contribution in [1.82, 2.24) is 0 Å². The molecule has 1 N–H and O–H groups in total. The minimum atomic E-state index is -0.639. The van der Waals surface area contributed by atoms with Crippen molar-refractivity contribution in [1.29, 1.82) is 0 Å². The lowest BCUT2D eigenvalue weighted by Crippen LogP contribution is -2.10. The summed E-state index contributed by atoms with van der Waals surface area (Å²) < 4.78 is 5.98. The molecule has 0 bridgehead atoms. The Hall–Kier alpha value is -1.61. The van der Waals surface area contributed by atoms with Crippen LogP contribution in [-0.4, -0.2) is 5.11 Å². The molecule has 1 aromatic heterocycles. The molecule has 1 atom stereocenters. The van der Waals surface area contributed by atoms with Crippen LogP contribution in [0.5, 0.6) is 0 Å². The molecule has 0 saturated heterocycles. The molecule has 3 rings (SSSR count). The van der Waals surface area contributed by atoms with Crippen LogP contribution >= 0.6 is 0 Å². The lowest BCUT2D eigenvalue weighted by Gasteiger charge is -2.12. The highest BCUT2D eigenvalue weighted by Crippen LogP contribution is 2.42. The summed E-state index contributed by atoms with van der Waals surface area (Å²) in [6.07, 6.45) is 1.54. The zero-order valence-corrected chi connectivity index (χ0v) is 11.5. The van der Waals surface area contributed by atoms with Crippen LogP contribution < -0.4 is 5.43 Å². The summed E-state index contributed by atoms with van der Waals surface area (Å²) in [4.78, 5) is 12.5. The first-order valence-corrected chi connectivity index (χ1v) is 6.75. The Morgan fingerprint density at radius 3 is 2.58 bits per heavy atom. The summed E-state index contributed by atoms with van der Waals surface area (Å²) in [6, 6.07) is 3.73. The molecule has 1 fully saturated rings. The van der Waals surface area contributed by atoms with E-state index in [1.54, 1.807) is 6.92 Å². The summed E-state index contributed by atoms with van der Waals surface area (Å²) in [5, 5.41) is 10.5. The van der Waals surface area contributed by atoms with Crippen LogP contribution in [0.15, 0.2) is 21.3 Å². The van der Waals surface area contributed by atoms with Crippen molar-refractivity contribution in [2.75, 3.05) is 0 Å². The van der Waals surface area contributed by atoms with Gasteiger partial charge in [-0.2, -0.15) is 0 Å². The molecular weight excluding hydrogens is 240 g/mol. The fraction of sp³-hybridized carbons (Fsp3) is 0.438. The van der Waals surface area contributed by atoms with Gasteiger partial charge in [-0.25, -0.2) is 0 Å². The maximum atomic E-state index is 12.5. The quantitative estimate of drug-likeness (QED) is 0.898. The average molecular weight is 258 g/mol. The third-order valence-corrected chi connectivity index (χ3v) is 3.83. The second-order valence-electron chi connectivity index (χ2n) is 5.60. The normalized spacial score (nSPS) is 16.8. The maximum Gasteiger partial charge on any atom is 0.195 e. The van der Waals surface area contributed by atoms with Gasteiger partial charge in [0.25, 0.3) is 0 Å². The molecule has 0 unspecified atom stereocenters. The molecule has 1 aliphatic carbocycles. The Kier molecular flexibility index (Phi) is 2.75. The second-order valence-corrected chi connectivity index (χ2v) is 5.60. The molecule has 0 spiro atoms. The van der Waals surface area contributed by atoms with E-state index in [4.69, 9.17) is 4.42 Å². The molecule has 1 saturated carbocycles. The van der Waals surface area contributed by atoms with Gasteiger partial charge in [0.15, 0.2) is 5.43 Å². The predicted molar refractivity (Wildman–Crippen MR) is 74.6 cm³/mol. The molecule has 0 aliphatic heterocycles. The number of aryl methyl sites for hydroxylation is 1. The van der Waals surface area contributed by atoms with E-state index in [1.807, 2.05) is 26.0 Å². The van der Waals surface area contributed by atoms with Crippen LogP contribution in [0.3, 0.4) is 0 Å². The molecule has 3 heteroatoms. The molecule has 19 heavy (non-hydrogen) atoms. The van der Waals surface area contributed by atoms with Crippen molar-refractivity contribution in [3.05, 3.63) is 44.8 Å². The van der Waals surface area contributed by atoms with E-state index in [2.05, 4.69) is 0 Å². The number of aliphatic hydroxyl groups excluding tert-OH is 1. The van der Waals surface area contributed by atoms with Gasteiger partial charge in [0, 0.05) is 17.0 Å². The smallest absolute Gasteiger partial charge is 0.195 e. The molecule has 0 radical (unpaired) electrons. The molecule has 1 aromatic carbocycles. The monoisotopic (exact) mass is 258 g/mol. The van der Waals surface area contributed by atoms with Gasteiger partial charge in [0.05, 0.1) is 11.5 Å². The van der Waals surface area contributed by atoms with Crippen molar-refractivity contribution in [2.45, 2.75) is 45.6 Å². The van der Waals surface area contributed by atoms with Gasteiger partial charge in [0.1, 0.15) is 11.3 Å². The van der Waals surface area contributed by atoms with Crippen LogP contribution in [-0.2, 0) is 0 Å². The number of aliphatic hydroxyl groups is 1. The van der Waals surface area contributed by atoms with E-state index in [0.717, 1.165) is 29.7 Å². The van der Waals surface area contributed by atoms with Crippen LogP contribution in [0.4, 0.5) is 0 Å². The third-order valence-electron chi connectivity index (χ3n) is 3.83. The van der Waals surface area contributed by atoms with Crippen molar-refractivity contribution in [3.63, 3.8) is 0 Å². The van der Waals surface area contributed by atoms with Crippen molar-refractivity contribution < 1.29 is 9.52 Å². The van der Waals surface area contributed by atoms with Gasteiger partial charge in [0.2, 0.25) is 0 Å². The Bertz CT molecular complexity index is 706. The number of fused-ring (bicyclic) bond motifs is 1. The second kappa shape index (κ2) is 4.20. The first kappa shape index (κ1) is 12.4. The minimum absolute atomic E-state index is 0.0359. The van der Waals surface area contributed by atoms with Gasteiger partial charge < -0.3 is 9.52 Å². The molecule has 3 nitrogen and oxygen atoms in total. The molecule has 100 valence electrons. The van der Waals surface area contributed by atoms with Gasteiger partial charge in [-0.15, -0.1) is 0 Å². The van der Waals surface area contributed by atoms with Crippen molar-refractivity contribution in [2.24, 2.45) is 0 Å². The van der Waals surface area contributed by atoms with Gasteiger partial charge in [-0.05, 0) is 51.3 Å². The predicted octanol–water partition coefficient (Wildman–Crippen LogP) is 3.34. The van der Waals surface area contributed by atoms with E-state index in [1.165, 1.54) is 0 Å². The van der Waals surface area contributed by atoms with Gasteiger partial charge in [-0.1, -0.05) is 0 Å². The first-order chi connectivity index (χ1) is 8.99. The zero-order valence-electron chi connectivity index (χ0n) is 11.5. The first-order valence-electron chi connectivity index (χ1n) is 6.75. The number of rotatable bonds is 2. The highest BCUT2D eigenvalue weighted by atomic mass is 16.3. The van der Waals surface area contributed by atoms with E-state index >= 15 is 0 Å². The van der Waals surface area contributed by atoms with Crippen LogP contribution in [0.1, 0.15) is 54.2 Å². The van der Waals surface area contributed by atoms with Crippen LogP contribution in [0, 0.1) is 13.8 Å². The Morgan fingerprint density at radius 2 is 2.00 bits per heavy atom. The van der Waals surface area contributed by atoms with E-state index in [9.17, 15) is 9.90 Å². The highest BCUT2D eigenvalue weighted by molar-refractivity contribution is 5.82. The topological polar surface area (TPSA) is 50.4 Å². The minimum Gasteiger partial charge on any atom is -0.460 e. The largest absolute Gasteiger partial charge is 0.460 e. The Morgan fingerprint density at radius 1 is 1.32 bits per heavy atom. The SMILES string of the molecule is Cc1cc([C@H](C)O)c2oc(C3CC3)c(C)c(=O)c2c1. The number of hydrogen-bond acceptors (Lipinski definition) is 3. The summed E-state index contributed by atoms with van der Waals surface area (Å²) in [5.41, 5.74) is 2.98. The number of benzene rings is 1.